The molecule has 11 heteroatoms. The number of aromatic hydroxyl groups is 5. The second kappa shape index (κ2) is 12.8. The van der Waals surface area contributed by atoms with Crippen LogP contribution in [0, 0.1) is 0 Å². The number of aliphatic hydroxyl groups is 1. The van der Waals surface area contributed by atoms with Crippen molar-refractivity contribution in [3.63, 3.8) is 0 Å². The largest absolute Gasteiger partial charge is 0.507 e. The summed E-state index contributed by atoms with van der Waals surface area (Å²) < 4.78 is 11.5. The third kappa shape index (κ3) is 5.46. The van der Waals surface area contributed by atoms with Crippen LogP contribution >= 0.6 is 0 Å². The van der Waals surface area contributed by atoms with Crippen LogP contribution in [0.5, 0.6) is 28.7 Å². The van der Waals surface area contributed by atoms with Gasteiger partial charge >= 0.3 is 11.3 Å². The summed E-state index contributed by atoms with van der Waals surface area (Å²) in [6, 6.07) is 29.8. The minimum atomic E-state index is -1.95. The lowest BCUT2D eigenvalue weighted by Gasteiger charge is -2.40. The minimum absolute atomic E-state index is 0.0519. The number of carbonyl (C=O) groups is 1. The van der Waals surface area contributed by atoms with E-state index in [2.05, 4.69) is 0 Å². The summed E-state index contributed by atoms with van der Waals surface area (Å²) >= 11 is 0. The lowest BCUT2D eigenvalue weighted by Crippen LogP contribution is -2.41. The van der Waals surface area contributed by atoms with Crippen molar-refractivity contribution in [3.8, 4) is 51.2 Å². The van der Waals surface area contributed by atoms with Gasteiger partial charge in [-0.05, 0) is 40.5 Å². The molecule has 7 aromatic rings. The number of rotatable bonds is 6. The molecule has 0 spiro atoms. The lowest BCUT2D eigenvalue weighted by atomic mass is 9.67. The van der Waals surface area contributed by atoms with E-state index >= 15 is 0 Å². The molecule has 2 atom stereocenters. The molecular formula is C43H30O11. The molecule has 6 N–H and O–H groups in total. The molecule has 0 bridgehead atoms. The van der Waals surface area contributed by atoms with Gasteiger partial charge in [0.15, 0.2) is 5.78 Å². The predicted octanol–water partition coefficient (Wildman–Crippen LogP) is 6.81. The highest BCUT2D eigenvalue weighted by Crippen LogP contribution is 2.51. The van der Waals surface area contributed by atoms with Crippen LogP contribution in [0.4, 0.5) is 0 Å². The van der Waals surface area contributed by atoms with Gasteiger partial charge in [-0.1, -0.05) is 84.9 Å². The average Bonchev–Trinajstić information content (AvgIpc) is 3.14. The van der Waals surface area contributed by atoms with Gasteiger partial charge in [0.2, 0.25) is 0 Å². The van der Waals surface area contributed by atoms with E-state index in [9.17, 15) is 45.0 Å². The number of fused-ring (bicyclic) bond motifs is 2. The predicted molar refractivity (Wildman–Crippen MR) is 197 cm³/mol. The molecule has 1 aliphatic rings. The molecule has 0 fully saturated rings. The second-order valence-electron chi connectivity index (χ2n) is 13.2. The average molecular weight is 723 g/mol. The number of phenolic OH excluding ortho intramolecular Hbond substituents is 3. The molecule has 0 saturated heterocycles. The summed E-state index contributed by atoms with van der Waals surface area (Å²) in [6.45, 7) is 0. The molecular weight excluding hydrogens is 692 g/mol. The molecule has 0 radical (unpaired) electrons. The Labute approximate surface area is 305 Å². The number of hydrogen-bond donors (Lipinski definition) is 6. The van der Waals surface area contributed by atoms with Gasteiger partial charge < -0.3 is 39.5 Å². The van der Waals surface area contributed by atoms with E-state index in [4.69, 9.17) is 8.83 Å². The highest BCUT2D eigenvalue weighted by molar-refractivity contribution is 6.08. The molecule has 0 amide bonds. The van der Waals surface area contributed by atoms with Crippen LogP contribution in [-0.4, -0.2) is 36.4 Å². The maximum absolute atomic E-state index is 13.6. The first-order valence-electron chi connectivity index (χ1n) is 16.8. The van der Waals surface area contributed by atoms with Gasteiger partial charge in [-0.25, -0.2) is 9.59 Å². The van der Waals surface area contributed by atoms with Crippen molar-refractivity contribution in [2.24, 2.45) is 0 Å². The van der Waals surface area contributed by atoms with Crippen molar-refractivity contribution in [1.82, 2.24) is 0 Å². The Kier molecular flexibility index (Phi) is 8.08. The van der Waals surface area contributed by atoms with Crippen LogP contribution in [-0.2, 0) is 12.0 Å². The first kappa shape index (κ1) is 34.0. The molecule has 0 aliphatic heterocycles. The topological polar surface area (TPSA) is 199 Å². The van der Waals surface area contributed by atoms with E-state index in [0.717, 1.165) is 6.07 Å². The van der Waals surface area contributed by atoms with Gasteiger partial charge in [0, 0.05) is 35.9 Å². The smallest absolute Gasteiger partial charge is 0.343 e. The Morgan fingerprint density at radius 3 is 1.93 bits per heavy atom. The van der Waals surface area contributed by atoms with E-state index in [0.29, 0.717) is 27.6 Å². The van der Waals surface area contributed by atoms with Crippen LogP contribution in [0.3, 0.4) is 0 Å². The quantitative estimate of drug-likeness (QED) is 0.105. The van der Waals surface area contributed by atoms with E-state index in [1.807, 2.05) is 0 Å². The van der Waals surface area contributed by atoms with Crippen LogP contribution < -0.4 is 11.3 Å². The van der Waals surface area contributed by atoms with Gasteiger partial charge in [-0.2, -0.15) is 0 Å². The van der Waals surface area contributed by atoms with Crippen LogP contribution in [0.1, 0.15) is 50.7 Å². The van der Waals surface area contributed by atoms with E-state index < -0.39 is 58.5 Å². The summed E-state index contributed by atoms with van der Waals surface area (Å²) in [6.07, 6.45) is -1.09. The SMILES string of the molecule is O=C1CC(O)(c2ccccc2)C(c2cc(O)c(Cc3c(O)cc(-c4c(-c5ccccc5)cc(O)c5c(O)cccc45)oc3=O)c(=O)o2)c2cccc(O)c21. The molecule has 268 valence electrons. The Morgan fingerprint density at radius 2 is 1.24 bits per heavy atom. The Balaban J connectivity index is 1.23. The summed E-state index contributed by atoms with van der Waals surface area (Å²) in [5, 5.41) is 67.3. The monoisotopic (exact) mass is 722 g/mol. The number of benzene rings is 5. The first-order chi connectivity index (χ1) is 26.0. The molecule has 54 heavy (non-hydrogen) atoms. The minimum Gasteiger partial charge on any atom is -0.507 e. The molecule has 0 saturated carbocycles. The normalized spacial score (nSPS) is 16.7. The van der Waals surface area contributed by atoms with Gasteiger partial charge in [0.1, 0.15) is 45.9 Å². The van der Waals surface area contributed by atoms with Crippen molar-refractivity contribution in [2.75, 3.05) is 0 Å². The van der Waals surface area contributed by atoms with Gasteiger partial charge in [0.05, 0.1) is 28.0 Å². The standard InChI is InChI=1S/C43H30O11/c44-29-15-7-13-24-37(26(18-33(48)38(24)29)22-9-3-1-4-10-22)35-19-31(46)27(41(50)53-35)17-28-32(47)20-36(54-42(28)51)40-25-14-8-16-30(45)39(25)34(49)21-43(40,52)23-11-5-2-6-12-23/h1-16,18-20,40,44-48,52H,17,21H2. The van der Waals surface area contributed by atoms with Crippen molar-refractivity contribution in [3.05, 3.63) is 170 Å². The van der Waals surface area contributed by atoms with Crippen molar-refractivity contribution in [2.45, 2.75) is 24.4 Å². The maximum atomic E-state index is 13.6. The summed E-state index contributed by atoms with van der Waals surface area (Å²) in [5.41, 5.74) is -3.04. The highest BCUT2D eigenvalue weighted by Gasteiger charge is 2.49. The molecule has 8 rings (SSSR count). The molecule has 2 aromatic heterocycles. The third-order valence-electron chi connectivity index (χ3n) is 10.0. The van der Waals surface area contributed by atoms with Crippen molar-refractivity contribution in [1.29, 1.82) is 0 Å². The van der Waals surface area contributed by atoms with Gasteiger partial charge in [-0.3, -0.25) is 4.79 Å². The molecule has 5 aromatic carbocycles. The molecule has 2 unspecified atom stereocenters. The number of Topliss-reactive ketones (excluding diaryl/α,β-unsaturated/α-hetero) is 1. The Bertz CT molecular complexity index is 2750. The van der Waals surface area contributed by atoms with E-state index in [-0.39, 0.29) is 50.8 Å². The second-order valence-corrected chi connectivity index (χ2v) is 13.2. The molecule has 11 nitrogen and oxygen atoms in total. The molecule has 2 heterocycles. The maximum Gasteiger partial charge on any atom is 0.343 e. The third-order valence-corrected chi connectivity index (χ3v) is 10.0. The zero-order chi connectivity index (χ0) is 37.9. The van der Waals surface area contributed by atoms with E-state index in [1.165, 1.54) is 36.4 Å². The summed E-state index contributed by atoms with van der Waals surface area (Å²) in [4.78, 5) is 40.5. The fourth-order valence-corrected chi connectivity index (χ4v) is 7.53. The Morgan fingerprint density at radius 1 is 0.611 bits per heavy atom. The zero-order valence-corrected chi connectivity index (χ0v) is 28.2. The number of hydrogen-bond acceptors (Lipinski definition) is 11. The zero-order valence-electron chi connectivity index (χ0n) is 28.2. The Hall–Kier alpha value is -7.11. The number of carbonyl (C=O) groups excluding carboxylic acids is 1. The van der Waals surface area contributed by atoms with E-state index in [1.54, 1.807) is 72.8 Å². The molecule has 1 aliphatic carbocycles. The van der Waals surface area contributed by atoms with Gasteiger partial charge in [-0.15, -0.1) is 0 Å². The highest BCUT2D eigenvalue weighted by atomic mass is 16.4. The van der Waals surface area contributed by atoms with Crippen molar-refractivity contribution < 1.29 is 44.3 Å². The fourth-order valence-electron chi connectivity index (χ4n) is 7.53. The van der Waals surface area contributed by atoms with Crippen LogP contribution in [0.15, 0.2) is 134 Å². The van der Waals surface area contributed by atoms with Gasteiger partial charge in [0.25, 0.3) is 0 Å². The lowest BCUT2D eigenvalue weighted by molar-refractivity contribution is 0.00206. The van der Waals surface area contributed by atoms with Crippen molar-refractivity contribution >= 4 is 16.6 Å². The van der Waals surface area contributed by atoms with Crippen LogP contribution in [0.2, 0.25) is 0 Å². The van der Waals surface area contributed by atoms with Crippen LogP contribution in [0.25, 0.3) is 33.2 Å². The number of phenols is 3. The first-order valence-corrected chi connectivity index (χ1v) is 16.8. The fraction of sp³-hybridized carbons (Fsp3) is 0.0930. The number of ketones is 1. The summed E-state index contributed by atoms with van der Waals surface area (Å²) in [5.74, 6) is -4.03. The summed E-state index contributed by atoms with van der Waals surface area (Å²) in [7, 11) is 0.